The average molecular weight is 450 g/mol. The van der Waals surface area contributed by atoms with Gasteiger partial charge in [-0.2, -0.15) is 0 Å². The summed E-state index contributed by atoms with van der Waals surface area (Å²) in [6.07, 6.45) is 5.10. The summed E-state index contributed by atoms with van der Waals surface area (Å²) >= 11 is 6.69. The van der Waals surface area contributed by atoms with Gasteiger partial charge in [0.25, 0.3) is 6.43 Å². The van der Waals surface area contributed by atoms with Crippen molar-refractivity contribution < 1.29 is 13.5 Å². The largest absolute Gasteiger partial charge is 0.492 e. The van der Waals surface area contributed by atoms with Gasteiger partial charge in [-0.3, -0.25) is 15.0 Å². The number of rotatable bonds is 7. The lowest BCUT2D eigenvalue weighted by atomic mass is 9.79. The van der Waals surface area contributed by atoms with Gasteiger partial charge in [0, 0.05) is 35.7 Å². The van der Waals surface area contributed by atoms with Crippen LogP contribution in [0.2, 0.25) is 0 Å². The van der Waals surface area contributed by atoms with Crippen LogP contribution in [0.5, 0.6) is 0 Å². The zero-order chi connectivity index (χ0) is 22.3. The SMILES string of the molecule is C=C(OCC)C1=CC2=C(c3cc(C(F)F)cc(C4(CC)CCCC4)n3)CC(Cl)N2N1C. The summed E-state index contributed by atoms with van der Waals surface area (Å²) in [6, 6.07) is 3.16. The van der Waals surface area contributed by atoms with Gasteiger partial charge in [0.05, 0.1) is 18.0 Å². The number of nitrogens with zero attached hydrogens (tertiary/aromatic N) is 3. The van der Waals surface area contributed by atoms with Crippen LogP contribution in [0.1, 0.15) is 75.7 Å². The lowest BCUT2D eigenvalue weighted by Crippen LogP contribution is -2.36. The van der Waals surface area contributed by atoms with Crippen molar-refractivity contribution in [2.24, 2.45) is 0 Å². The molecule has 1 aromatic heterocycles. The Balaban J connectivity index is 1.83. The summed E-state index contributed by atoms with van der Waals surface area (Å²) in [7, 11) is 1.90. The molecular formula is C24H30ClF2N3O. The predicted molar refractivity (Wildman–Crippen MR) is 119 cm³/mol. The molecule has 7 heteroatoms. The van der Waals surface area contributed by atoms with Crippen LogP contribution in [0.3, 0.4) is 0 Å². The number of pyridine rings is 1. The molecule has 2 aliphatic heterocycles. The molecule has 168 valence electrons. The predicted octanol–water partition coefficient (Wildman–Crippen LogP) is 6.52. The summed E-state index contributed by atoms with van der Waals surface area (Å²) < 4.78 is 33.3. The Kier molecular flexibility index (Phi) is 6.03. The van der Waals surface area contributed by atoms with Crippen LogP contribution < -0.4 is 0 Å². The third-order valence-corrected chi connectivity index (χ3v) is 7.27. The van der Waals surface area contributed by atoms with E-state index in [1.165, 1.54) is 6.07 Å². The van der Waals surface area contributed by atoms with Crippen molar-refractivity contribution in [3.63, 3.8) is 0 Å². The highest BCUT2D eigenvalue weighted by Gasteiger charge is 2.41. The Morgan fingerprint density at radius 1 is 1.32 bits per heavy atom. The molecule has 31 heavy (non-hydrogen) atoms. The minimum Gasteiger partial charge on any atom is -0.492 e. The standard InChI is InChI=1S/C24H30ClF2N3O/c1-5-24(9-7-8-10-24)21-12-16(23(26)27)11-18(28-21)17-13-22(25)30-20(17)14-19(29(30)4)15(3)31-6-2/h11-12,14,22-23H,3,5-10,13H2,1-2,4H3. The van der Waals surface area contributed by atoms with E-state index in [1.807, 2.05) is 30.1 Å². The van der Waals surface area contributed by atoms with E-state index in [-0.39, 0.29) is 16.5 Å². The van der Waals surface area contributed by atoms with Gasteiger partial charge in [0.1, 0.15) is 17.0 Å². The maximum absolute atomic E-state index is 13.9. The van der Waals surface area contributed by atoms with Crippen molar-refractivity contribution >= 4 is 17.2 Å². The summed E-state index contributed by atoms with van der Waals surface area (Å²) in [4.78, 5) is 4.97. The molecule has 0 spiro atoms. The molecule has 1 aliphatic carbocycles. The Morgan fingerprint density at radius 2 is 2.03 bits per heavy atom. The number of hydrogen-bond acceptors (Lipinski definition) is 4. The molecular weight excluding hydrogens is 420 g/mol. The highest BCUT2D eigenvalue weighted by atomic mass is 35.5. The van der Waals surface area contributed by atoms with Crippen LogP contribution in [-0.2, 0) is 10.2 Å². The van der Waals surface area contributed by atoms with Crippen LogP contribution in [-0.4, -0.2) is 34.2 Å². The number of aromatic nitrogens is 1. The fraction of sp³-hybridized carbons (Fsp3) is 0.542. The Labute approximate surface area is 188 Å². The first kappa shape index (κ1) is 22.1. The van der Waals surface area contributed by atoms with E-state index >= 15 is 0 Å². The molecule has 3 heterocycles. The first-order valence-corrected chi connectivity index (χ1v) is 11.5. The average Bonchev–Trinajstić information content (AvgIpc) is 3.44. The topological polar surface area (TPSA) is 28.6 Å². The molecule has 4 rings (SSSR count). The molecule has 1 unspecified atom stereocenters. The number of likely N-dealkylation sites (N-methyl/N-ethyl adjacent to an activating group) is 1. The van der Waals surface area contributed by atoms with E-state index in [4.69, 9.17) is 21.3 Å². The van der Waals surface area contributed by atoms with Gasteiger partial charge in [-0.25, -0.2) is 8.78 Å². The van der Waals surface area contributed by atoms with Crippen LogP contribution in [0.15, 0.2) is 41.9 Å². The number of fused-ring (bicyclic) bond motifs is 1. The maximum atomic E-state index is 13.9. The summed E-state index contributed by atoms with van der Waals surface area (Å²) in [5.74, 6) is 0.556. The second kappa shape index (κ2) is 8.45. The Bertz CT molecular complexity index is 937. The minimum atomic E-state index is -2.54. The molecule has 0 aromatic carbocycles. The maximum Gasteiger partial charge on any atom is 0.263 e. The fourth-order valence-corrected chi connectivity index (χ4v) is 5.57. The fourth-order valence-electron chi connectivity index (χ4n) is 5.18. The molecule has 0 bridgehead atoms. The quantitative estimate of drug-likeness (QED) is 0.269. The van der Waals surface area contributed by atoms with Crippen LogP contribution in [0.25, 0.3) is 5.57 Å². The smallest absolute Gasteiger partial charge is 0.263 e. The molecule has 0 amide bonds. The summed E-state index contributed by atoms with van der Waals surface area (Å²) in [5.41, 5.74) is 3.57. The highest BCUT2D eigenvalue weighted by molar-refractivity contribution is 6.21. The Hall–Kier alpha value is -2.08. The van der Waals surface area contributed by atoms with E-state index in [1.54, 1.807) is 6.07 Å². The molecule has 1 atom stereocenters. The summed E-state index contributed by atoms with van der Waals surface area (Å²) in [6.45, 7) is 8.57. The normalized spacial score (nSPS) is 22.4. The highest BCUT2D eigenvalue weighted by Crippen LogP contribution is 2.47. The van der Waals surface area contributed by atoms with Crippen molar-refractivity contribution in [3.8, 4) is 0 Å². The lowest BCUT2D eigenvalue weighted by Gasteiger charge is -2.31. The molecule has 0 N–H and O–H groups in total. The number of alkyl halides is 3. The van der Waals surface area contributed by atoms with Gasteiger partial charge >= 0.3 is 0 Å². The van der Waals surface area contributed by atoms with E-state index in [0.717, 1.165) is 54.8 Å². The molecule has 4 nitrogen and oxygen atoms in total. The van der Waals surface area contributed by atoms with E-state index < -0.39 is 6.43 Å². The van der Waals surface area contributed by atoms with Gasteiger partial charge in [-0.05, 0) is 44.4 Å². The van der Waals surface area contributed by atoms with Crippen LogP contribution in [0.4, 0.5) is 8.78 Å². The first-order chi connectivity index (χ1) is 14.8. The van der Waals surface area contributed by atoms with Crippen molar-refractivity contribution in [1.29, 1.82) is 0 Å². The summed E-state index contributed by atoms with van der Waals surface area (Å²) in [5, 5.41) is 3.87. The number of ether oxygens (including phenoxy) is 1. The zero-order valence-electron chi connectivity index (χ0n) is 18.4. The van der Waals surface area contributed by atoms with Crippen LogP contribution in [0, 0.1) is 0 Å². The van der Waals surface area contributed by atoms with Crippen molar-refractivity contribution in [1.82, 2.24) is 15.0 Å². The molecule has 1 aromatic rings. The number of hydrogen-bond donors (Lipinski definition) is 0. The van der Waals surface area contributed by atoms with Gasteiger partial charge in [-0.15, -0.1) is 0 Å². The molecule has 1 saturated carbocycles. The van der Waals surface area contributed by atoms with Gasteiger partial charge in [0.15, 0.2) is 0 Å². The first-order valence-electron chi connectivity index (χ1n) is 11.1. The van der Waals surface area contributed by atoms with E-state index in [0.29, 0.717) is 24.5 Å². The zero-order valence-corrected chi connectivity index (χ0v) is 19.2. The number of allylic oxidation sites excluding steroid dienone is 1. The van der Waals surface area contributed by atoms with Gasteiger partial charge in [0.2, 0.25) is 0 Å². The lowest BCUT2D eigenvalue weighted by molar-refractivity contribution is 0.0833. The molecule has 0 saturated heterocycles. The van der Waals surface area contributed by atoms with Crippen molar-refractivity contribution in [2.45, 2.75) is 69.7 Å². The van der Waals surface area contributed by atoms with Crippen molar-refractivity contribution in [3.05, 3.63) is 58.9 Å². The third kappa shape index (κ3) is 3.73. The molecule has 3 aliphatic rings. The van der Waals surface area contributed by atoms with E-state index in [2.05, 4.69) is 13.5 Å². The monoisotopic (exact) mass is 449 g/mol. The van der Waals surface area contributed by atoms with Gasteiger partial charge < -0.3 is 4.74 Å². The van der Waals surface area contributed by atoms with Crippen LogP contribution >= 0.6 is 11.6 Å². The molecule has 0 radical (unpaired) electrons. The van der Waals surface area contributed by atoms with Gasteiger partial charge in [-0.1, -0.05) is 37.9 Å². The third-order valence-electron chi connectivity index (χ3n) is 6.93. The second-order valence-corrected chi connectivity index (χ2v) is 9.07. The van der Waals surface area contributed by atoms with E-state index in [9.17, 15) is 8.78 Å². The number of halogens is 3. The van der Waals surface area contributed by atoms with Crippen molar-refractivity contribution in [2.75, 3.05) is 13.7 Å². The minimum absolute atomic E-state index is 0.0340. The Morgan fingerprint density at radius 3 is 2.65 bits per heavy atom. The number of hydrazine groups is 1. The molecule has 1 fully saturated rings. The second-order valence-electron chi connectivity index (χ2n) is 8.57.